The van der Waals surface area contributed by atoms with Crippen LogP contribution in [0.25, 0.3) is 0 Å². The number of aliphatic hydroxyl groups is 1. The van der Waals surface area contributed by atoms with Gasteiger partial charge in [0.25, 0.3) is 0 Å². The minimum atomic E-state index is -0.816. The molecule has 0 saturated carbocycles. The predicted molar refractivity (Wildman–Crippen MR) is 51.7 cm³/mol. The van der Waals surface area contributed by atoms with Crippen molar-refractivity contribution in [3.63, 3.8) is 0 Å². The first-order valence-corrected chi connectivity index (χ1v) is 4.33. The van der Waals surface area contributed by atoms with Crippen LogP contribution in [0.4, 0.5) is 4.39 Å². The molecular formula is C10H14FNO2. The smallest absolute Gasteiger partial charge is 0.130 e. The third kappa shape index (κ3) is 1.86. The molecule has 1 aromatic carbocycles. The second kappa shape index (κ2) is 4.39. The summed E-state index contributed by atoms with van der Waals surface area (Å²) >= 11 is 0. The Kier molecular flexibility index (Phi) is 3.43. The minimum absolute atomic E-state index is 0.0848. The lowest BCUT2D eigenvalue weighted by Gasteiger charge is -2.15. The van der Waals surface area contributed by atoms with E-state index in [1.54, 1.807) is 6.92 Å². The summed E-state index contributed by atoms with van der Waals surface area (Å²) in [5, 5.41) is 9.53. The van der Waals surface area contributed by atoms with E-state index < -0.39 is 6.10 Å². The number of benzene rings is 1. The molecule has 0 aliphatic heterocycles. The molecule has 1 aromatic rings. The highest BCUT2D eigenvalue weighted by molar-refractivity contribution is 5.43. The van der Waals surface area contributed by atoms with E-state index >= 15 is 0 Å². The molecule has 0 amide bonds. The molecule has 0 saturated heterocycles. The number of methoxy groups -OCH3 is 1. The van der Waals surface area contributed by atoms with Crippen LogP contribution in [-0.4, -0.2) is 18.8 Å². The molecule has 0 fully saturated rings. The number of rotatable bonds is 3. The number of aliphatic hydroxyl groups excluding tert-OH is 1. The van der Waals surface area contributed by atoms with Crippen LogP contribution < -0.4 is 10.5 Å². The zero-order valence-electron chi connectivity index (χ0n) is 8.25. The Labute approximate surface area is 82.3 Å². The Morgan fingerprint density at radius 1 is 1.57 bits per heavy atom. The number of ether oxygens (including phenoxy) is 1. The van der Waals surface area contributed by atoms with Gasteiger partial charge in [-0.1, -0.05) is 0 Å². The zero-order chi connectivity index (χ0) is 10.7. The Bertz CT molecular complexity index is 328. The third-order valence-corrected chi connectivity index (χ3v) is 2.16. The van der Waals surface area contributed by atoms with E-state index in [0.29, 0.717) is 16.9 Å². The molecule has 3 nitrogen and oxygen atoms in total. The van der Waals surface area contributed by atoms with Gasteiger partial charge in [0, 0.05) is 17.7 Å². The van der Waals surface area contributed by atoms with Crippen LogP contribution in [0.15, 0.2) is 12.1 Å². The molecule has 1 atom stereocenters. The van der Waals surface area contributed by atoms with Gasteiger partial charge in [-0.3, -0.25) is 0 Å². The fourth-order valence-electron chi connectivity index (χ4n) is 1.35. The highest BCUT2D eigenvalue weighted by Crippen LogP contribution is 2.29. The standard InChI is InChI=1S/C10H14FNO2/c1-6-8(11)4-3-7(9(13)5-12)10(6)14-2/h3-4,9,13H,5,12H2,1-2H3. The quantitative estimate of drug-likeness (QED) is 0.767. The summed E-state index contributed by atoms with van der Waals surface area (Å²) in [6.07, 6.45) is -0.816. The molecule has 0 aliphatic rings. The monoisotopic (exact) mass is 199 g/mol. The van der Waals surface area contributed by atoms with E-state index in [-0.39, 0.29) is 12.4 Å². The maximum absolute atomic E-state index is 13.1. The van der Waals surface area contributed by atoms with E-state index in [1.807, 2.05) is 0 Å². The molecule has 0 radical (unpaired) electrons. The Morgan fingerprint density at radius 3 is 2.71 bits per heavy atom. The first-order valence-electron chi connectivity index (χ1n) is 4.33. The van der Waals surface area contributed by atoms with Gasteiger partial charge in [-0.2, -0.15) is 0 Å². The van der Waals surface area contributed by atoms with Crippen molar-refractivity contribution in [3.8, 4) is 5.75 Å². The molecule has 0 aliphatic carbocycles. The van der Waals surface area contributed by atoms with Crippen molar-refractivity contribution in [3.05, 3.63) is 29.1 Å². The second-order valence-corrected chi connectivity index (χ2v) is 3.05. The average molecular weight is 199 g/mol. The second-order valence-electron chi connectivity index (χ2n) is 3.05. The molecule has 3 N–H and O–H groups in total. The lowest BCUT2D eigenvalue weighted by atomic mass is 10.0. The van der Waals surface area contributed by atoms with Gasteiger partial charge in [-0.15, -0.1) is 0 Å². The molecule has 0 heterocycles. The van der Waals surface area contributed by atoms with Crippen molar-refractivity contribution in [1.82, 2.24) is 0 Å². The van der Waals surface area contributed by atoms with Crippen molar-refractivity contribution >= 4 is 0 Å². The Morgan fingerprint density at radius 2 is 2.21 bits per heavy atom. The van der Waals surface area contributed by atoms with Crippen LogP contribution in [0.2, 0.25) is 0 Å². The van der Waals surface area contributed by atoms with Crippen molar-refractivity contribution in [2.45, 2.75) is 13.0 Å². The number of hydrogen-bond acceptors (Lipinski definition) is 3. The highest BCUT2D eigenvalue weighted by Gasteiger charge is 2.15. The van der Waals surface area contributed by atoms with Crippen molar-refractivity contribution < 1.29 is 14.2 Å². The predicted octanol–water partition coefficient (Wildman–Crippen LogP) is 1.13. The van der Waals surface area contributed by atoms with E-state index in [9.17, 15) is 9.50 Å². The zero-order valence-corrected chi connectivity index (χ0v) is 8.25. The largest absolute Gasteiger partial charge is 0.496 e. The Hall–Kier alpha value is -1.13. The van der Waals surface area contributed by atoms with Crippen molar-refractivity contribution in [1.29, 1.82) is 0 Å². The SMILES string of the molecule is COc1c(C(O)CN)ccc(F)c1C. The van der Waals surface area contributed by atoms with Crippen LogP contribution in [0.5, 0.6) is 5.75 Å². The van der Waals surface area contributed by atoms with Gasteiger partial charge < -0.3 is 15.6 Å². The van der Waals surface area contributed by atoms with Gasteiger partial charge in [0.2, 0.25) is 0 Å². The topological polar surface area (TPSA) is 55.5 Å². The first kappa shape index (κ1) is 10.9. The van der Waals surface area contributed by atoms with Gasteiger partial charge in [0.05, 0.1) is 13.2 Å². The van der Waals surface area contributed by atoms with Crippen LogP contribution in [0.1, 0.15) is 17.2 Å². The molecular weight excluding hydrogens is 185 g/mol. The highest BCUT2D eigenvalue weighted by atomic mass is 19.1. The maximum atomic E-state index is 13.1. The summed E-state index contributed by atoms with van der Waals surface area (Å²) in [6, 6.07) is 2.78. The summed E-state index contributed by atoms with van der Waals surface area (Å²) in [5.74, 6) is 0.0118. The normalized spacial score (nSPS) is 12.6. The molecule has 1 rings (SSSR count). The summed E-state index contributed by atoms with van der Waals surface area (Å²) in [7, 11) is 1.44. The van der Waals surface area contributed by atoms with E-state index in [4.69, 9.17) is 10.5 Å². The fourth-order valence-corrected chi connectivity index (χ4v) is 1.35. The molecule has 4 heteroatoms. The number of hydrogen-bond donors (Lipinski definition) is 2. The van der Waals surface area contributed by atoms with Gasteiger partial charge in [0.15, 0.2) is 0 Å². The fraction of sp³-hybridized carbons (Fsp3) is 0.400. The summed E-state index contributed by atoms with van der Waals surface area (Å²) < 4.78 is 18.1. The maximum Gasteiger partial charge on any atom is 0.130 e. The van der Waals surface area contributed by atoms with Gasteiger partial charge in [-0.25, -0.2) is 4.39 Å². The minimum Gasteiger partial charge on any atom is -0.496 e. The van der Waals surface area contributed by atoms with Gasteiger partial charge >= 0.3 is 0 Å². The molecule has 78 valence electrons. The van der Waals surface area contributed by atoms with E-state index in [1.165, 1.54) is 19.2 Å². The van der Waals surface area contributed by atoms with Gasteiger partial charge in [-0.05, 0) is 19.1 Å². The van der Waals surface area contributed by atoms with Crippen LogP contribution in [0, 0.1) is 12.7 Å². The summed E-state index contributed by atoms with van der Waals surface area (Å²) in [5.41, 5.74) is 6.23. The third-order valence-electron chi connectivity index (χ3n) is 2.16. The Balaban J connectivity index is 3.23. The van der Waals surface area contributed by atoms with E-state index in [0.717, 1.165) is 0 Å². The molecule has 0 spiro atoms. The van der Waals surface area contributed by atoms with Crippen LogP contribution >= 0.6 is 0 Å². The number of halogens is 1. The van der Waals surface area contributed by atoms with Gasteiger partial charge in [0.1, 0.15) is 11.6 Å². The molecule has 14 heavy (non-hydrogen) atoms. The van der Waals surface area contributed by atoms with Crippen LogP contribution in [0.3, 0.4) is 0 Å². The molecule has 0 aromatic heterocycles. The number of nitrogens with two attached hydrogens (primary N) is 1. The summed E-state index contributed by atoms with van der Waals surface area (Å²) in [6.45, 7) is 1.68. The van der Waals surface area contributed by atoms with Crippen molar-refractivity contribution in [2.75, 3.05) is 13.7 Å². The van der Waals surface area contributed by atoms with Crippen LogP contribution in [-0.2, 0) is 0 Å². The molecule has 1 unspecified atom stereocenters. The first-order chi connectivity index (χ1) is 6.61. The van der Waals surface area contributed by atoms with Crippen molar-refractivity contribution in [2.24, 2.45) is 5.73 Å². The lowest BCUT2D eigenvalue weighted by Crippen LogP contribution is -2.13. The average Bonchev–Trinajstić information content (AvgIpc) is 2.20. The van der Waals surface area contributed by atoms with E-state index in [2.05, 4.69) is 0 Å². The molecule has 0 bridgehead atoms. The summed E-state index contributed by atoms with van der Waals surface area (Å²) in [4.78, 5) is 0. The lowest BCUT2D eigenvalue weighted by molar-refractivity contribution is 0.181.